The van der Waals surface area contributed by atoms with Crippen LogP contribution < -0.4 is 10.1 Å². The molecule has 5 rings (SSSR count). The zero-order valence-corrected chi connectivity index (χ0v) is 19.3. The molecule has 0 radical (unpaired) electrons. The quantitative estimate of drug-likeness (QED) is 0.557. The Morgan fingerprint density at radius 3 is 2.36 bits per heavy atom. The van der Waals surface area contributed by atoms with E-state index >= 15 is 0 Å². The highest BCUT2D eigenvalue weighted by Gasteiger charge is 2.32. The molecule has 3 aliphatic rings. The zero-order chi connectivity index (χ0) is 22.6. The van der Waals surface area contributed by atoms with Crippen molar-refractivity contribution in [2.45, 2.75) is 88.9 Å². The lowest BCUT2D eigenvalue weighted by atomic mass is 10.1. The summed E-state index contributed by atoms with van der Waals surface area (Å²) in [5.41, 5.74) is 2.92. The van der Waals surface area contributed by atoms with E-state index in [0.717, 1.165) is 61.8 Å². The standard InChI is InChI=1S/C28H34N2O3/c31-27(17-10-20-4-3-7-26(18-20)33-25-5-1-2-6-25)30(24-15-16-24)19-21-8-11-22(12-9-21)28(32)29-23-13-14-23/h3-4,7-9,11-12,18,23-25H,1-2,5-6,10,13-17,19H2,(H,29,32). The minimum absolute atomic E-state index is 0.00156. The number of carbonyl (C=O) groups is 2. The van der Waals surface area contributed by atoms with Crippen molar-refractivity contribution >= 4 is 11.8 Å². The first-order chi connectivity index (χ1) is 16.1. The molecular weight excluding hydrogens is 412 g/mol. The highest BCUT2D eigenvalue weighted by atomic mass is 16.5. The summed E-state index contributed by atoms with van der Waals surface area (Å²) in [7, 11) is 0. The fourth-order valence-corrected chi connectivity index (χ4v) is 4.63. The number of hydrogen-bond acceptors (Lipinski definition) is 3. The Bertz CT molecular complexity index is 973. The Labute approximate surface area is 196 Å². The first-order valence-corrected chi connectivity index (χ1v) is 12.6. The molecule has 2 amide bonds. The topological polar surface area (TPSA) is 58.6 Å². The molecule has 0 aliphatic heterocycles. The van der Waals surface area contributed by atoms with Crippen molar-refractivity contribution in [2.75, 3.05) is 0 Å². The molecule has 0 unspecified atom stereocenters. The number of aryl methyl sites for hydroxylation is 1. The van der Waals surface area contributed by atoms with Gasteiger partial charge in [0, 0.05) is 30.6 Å². The number of rotatable bonds is 10. The van der Waals surface area contributed by atoms with Gasteiger partial charge in [-0.25, -0.2) is 0 Å². The fraction of sp³-hybridized carbons (Fsp3) is 0.500. The number of ether oxygens (including phenoxy) is 1. The highest BCUT2D eigenvalue weighted by Crippen LogP contribution is 2.30. The van der Waals surface area contributed by atoms with Crippen LogP contribution in [-0.2, 0) is 17.8 Å². The Morgan fingerprint density at radius 2 is 1.67 bits per heavy atom. The van der Waals surface area contributed by atoms with Crippen LogP contribution in [0.1, 0.15) is 79.3 Å². The first kappa shape index (κ1) is 22.0. The van der Waals surface area contributed by atoms with Gasteiger partial charge in [0.1, 0.15) is 5.75 Å². The number of nitrogens with zero attached hydrogens (tertiary/aromatic N) is 1. The number of hydrogen-bond donors (Lipinski definition) is 1. The highest BCUT2D eigenvalue weighted by molar-refractivity contribution is 5.94. The minimum Gasteiger partial charge on any atom is -0.490 e. The largest absolute Gasteiger partial charge is 0.490 e. The lowest BCUT2D eigenvalue weighted by Gasteiger charge is -2.23. The summed E-state index contributed by atoms with van der Waals surface area (Å²) in [4.78, 5) is 27.3. The lowest BCUT2D eigenvalue weighted by Crippen LogP contribution is -2.32. The van der Waals surface area contributed by atoms with E-state index in [2.05, 4.69) is 17.4 Å². The van der Waals surface area contributed by atoms with Gasteiger partial charge in [-0.2, -0.15) is 0 Å². The summed E-state index contributed by atoms with van der Waals surface area (Å²) < 4.78 is 6.12. The molecule has 0 atom stereocenters. The molecule has 3 saturated carbocycles. The lowest BCUT2D eigenvalue weighted by molar-refractivity contribution is -0.132. The van der Waals surface area contributed by atoms with Gasteiger partial charge in [-0.15, -0.1) is 0 Å². The molecule has 5 heteroatoms. The summed E-state index contributed by atoms with van der Waals surface area (Å²) in [5, 5.41) is 3.02. The summed E-state index contributed by atoms with van der Waals surface area (Å²) in [6, 6.07) is 16.7. The Hall–Kier alpha value is -2.82. The average Bonchev–Trinajstić information content (AvgIpc) is 3.77. The molecule has 33 heavy (non-hydrogen) atoms. The molecule has 3 fully saturated rings. The zero-order valence-electron chi connectivity index (χ0n) is 19.3. The Morgan fingerprint density at radius 1 is 0.909 bits per heavy atom. The molecule has 0 aromatic heterocycles. The molecule has 2 aromatic carbocycles. The van der Waals surface area contributed by atoms with Crippen molar-refractivity contribution in [3.63, 3.8) is 0 Å². The smallest absolute Gasteiger partial charge is 0.251 e. The second kappa shape index (κ2) is 9.98. The van der Waals surface area contributed by atoms with Gasteiger partial charge < -0.3 is 15.0 Å². The van der Waals surface area contributed by atoms with Crippen LogP contribution >= 0.6 is 0 Å². The van der Waals surface area contributed by atoms with Gasteiger partial charge in [0.25, 0.3) is 5.91 Å². The SMILES string of the molecule is O=C(NC1CC1)c1ccc(CN(C(=O)CCc2cccc(OC3CCCC3)c2)C2CC2)cc1. The van der Waals surface area contributed by atoms with Crippen LogP contribution in [0.15, 0.2) is 48.5 Å². The van der Waals surface area contributed by atoms with E-state index in [9.17, 15) is 9.59 Å². The molecule has 0 spiro atoms. The van der Waals surface area contributed by atoms with Crippen molar-refractivity contribution < 1.29 is 14.3 Å². The number of nitrogens with one attached hydrogen (secondary N) is 1. The maximum absolute atomic E-state index is 13.1. The van der Waals surface area contributed by atoms with Crippen LogP contribution in [-0.4, -0.2) is 34.9 Å². The molecule has 174 valence electrons. The number of benzene rings is 2. The fourth-order valence-electron chi connectivity index (χ4n) is 4.63. The van der Waals surface area contributed by atoms with Gasteiger partial charge in [-0.1, -0.05) is 24.3 Å². The van der Waals surface area contributed by atoms with Crippen molar-refractivity contribution in [1.82, 2.24) is 10.2 Å². The van der Waals surface area contributed by atoms with Crippen LogP contribution in [0.4, 0.5) is 0 Å². The predicted octanol–water partition coefficient (Wildman–Crippen LogP) is 5.02. The van der Waals surface area contributed by atoms with E-state index in [1.165, 1.54) is 12.8 Å². The molecule has 1 N–H and O–H groups in total. The van der Waals surface area contributed by atoms with Gasteiger partial charge in [0.15, 0.2) is 0 Å². The third kappa shape index (κ3) is 6.16. The van der Waals surface area contributed by atoms with Gasteiger partial charge in [-0.05, 0) is 93.2 Å². The maximum atomic E-state index is 13.1. The van der Waals surface area contributed by atoms with Gasteiger partial charge in [-0.3, -0.25) is 9.59 Å². The van der Waals surface area contributed by atoms with E-state index < -0.39 is 0 Å². The van der Waals surface area contributed by atoms with E-state index in [4.69, 9.17) is 4.74 Å². The number of amides is 2. The second-order valence-electron chi connectivity index (χ2n) is 9.87. The van der Waals surface area contributed by atoms with Crippen molar-refractivity contribution in [2.24, 2.45) is 0 Å². The molecule has 2 aromatic rings. The van der Waals surface area contributed by atoms with Crippen LogP contribution in [0, 0.1) is 0 Å². The molecule has 0 bridgehead atoms. The van der Waals surface area contributed by atoms with E-state index in [-0.39, 0.29) is 11.8 Å². The summed E-state index contributed by atoms with van der Waals surface area (Å²) >= 11 is 0. The molecule has 0 heterocycles. The van der Waals surface area contributed by atoms with E-state index in [1.807, 2.05) is 41.3 Å². The molecule has 0 saturated heterocycles. The average molecular weight is 447 g/mol. The maximum Gasteiger partial charge on any atom is 0.251 e. The predicted molar refractivity (Wildman–Crippen MR) is 128 cm³/mol. The van der Waals surface area contributed by atoms with Gasteiger partial charge in [0.2, 0.25) is 5.91 Å². The van der Waals surface area contributed by atoms with E-state index in [0.29, 0.717) is 36.7 Å². The van der Waals surface area contributed by atoms with E-state index in [1.54, 1.807) is 0 Å². The Kier molecular flexibility index (Phi) is 6.65. The Balaban J connectivity index is 1.15. The second-order valence-corrected chi connectivity index (χ2v) is 9.87. The van der Waals surface area contributed by atoms with Crippen LogP contribution in [0.3, 0.4) is 0 Å². The van der Waals surface area contributed by atoms with Crippen molar-refractivity contribution in [3.05, 3.63) is 65.2 Å². The summed E-state index contributed by atoms with van der Waals surface area (Å²) in [5.74, 6) is 1.13. The van der Waals surface area contributed by atoms with Crippen molar-refractivity contribution in [3.8, 4) is 5.75 Å². The summed E-state index contributed by atoms with van der Waals surface area (Å²) in [6.45, 7) is 0.610. The monoisotopic (exact) mass is 446 g/mol. The summed E-state index contributed by atoms with van der Waals surface area (Å²) in [6.07, 6.45) is 10.7. The molecule has 3 aliphatic carbocycles. The third-order valence-electron chi connectivity index (χ3n) is 6.92. The van der Waals surface area contributed by atoms with Crippen LogP contribution in [0.5, 0.6) is 5.75 Å². The van der Waals surface area contributed by atoms with Crippen molar-refractivity contribution in [1.29, 1.82) is 0 Å². The van der Waals surface area contributed by atoms with Gasteiger partial charge >= 0.3 is 0 Å². The van der Waals surface area contributed by atoms with Crippen LogP contribution in [0.25, 0.3) is 0 Å². The minimum atomic E-state index is -0.00156. The first-order valence-electron chi connectivity index (χ1n) is 12.6. The van der Waals surface area contributed by atoms with Crippen LogP contribution in [0.2, 0.25) is 0 Å². The number of carbonyl (C=O) groups excluding carboxylic acids is 2. The normalized spacial score (nSPS) is 18.2. The molecular formula is C28H34N2O3. The molecule has 5 nitrogen and oxygen atoms in total. The van der Waals surface area contributed by atoms with Gasteiger partial charge in [0.05, 0.1) is 6.10 Å². The third-order valence-corrected chi connectivity index (χ3v) is 6.92.